The van der Waals surface area contributed by atoms with Crippen LogP contribution in [0.15, 0.2) is 146 Å². The Labute approximate surface area is 248 Å². The summed E-state index contributed by atoms with van der Waals surface area (Å²) in [6.45, 7) is 13.2. The van der Waals surface area contributed by atoms with Gasteiger partial charge in [0.05, 0.1) is 0 Å². The Kier molecular flexibility index (Phi) is 7.54. The molecule has 0 N–H and O–H groups in total. The normalized spacial score (nSPS) is 11.8. The van der Waals surface area contributed by atoms with E-state index < -0.39 is 0 Å². The molecule has 0 unspecified atom stereocenters. The van der Waals surface area contributed by atoms with Gasteiger partial charge in [0.25, 0.3) is 0 Å². The fourth-order valence-electron chi connectivity index (χ4n) is 6.07. The molecule has 0 saturated carbocycles. The van der Waals surface area contributed by atoms with Gasteiger partial charge in [0.15, 0.2) is 0 Å². The molecule has 42 heavy (non-hydrogen) atoms. The van der Waals surface area contributed by atoms with Crippen molar-refractivity contribution in [1.82, 2.24) is 0 Å². The second-order valence-electron chi connectivity index (χ2n) is 10.6. The maximum absolute atomic E-state index is 4.59. The van der Waals surface area contributed by atoms with Crippen LogP contribution in [-0.2, 0) is 0 Å². The maximum Gasteiger partial charge on any atom is -0.00323 e. The summed E-state index contributed by atoms with van der Waals surface area (Å²) in [5, 5.41) is 9.15. The van der Waals surface area contributed by atoms with Gasteiger partial charge in [-0.2, -0.15) is 0 Å². The summed E-state index contributed by atoms with van der Waals surface area (Å²) in [5.41, 5.74) is 7.00. The zero-order valence-electron chi connectivity index (χ0n) is 24.3. The Hall–Kier alpha value is -5.20. The predicted molar refractivity (Wildman–Crippen MR) is 186 cm³/mol. The van der Waals surface area contributed by atoms with Gasteiger partial charge in [-0.05, 0) is 96.1 Å². The maximum atomic E-state index is 4.59. The van der Waals surface area contributed by atoms with E-state index >= 15 is 0 Å². The Balaban J connectivity index is 1.73. The van der Waals surface area contributed by atoms with E-state index in [0.717, 1.165) is 37.9 Å². The van der Waals surface area contributed by atoms with Gasteiger partial charge >= 0.3 is 0 Å². The molecule has 0 radical (unpaired) electrons. The Morgan fingerprint density at radius 1 is 0.524 bits per heavy atom. The lowest BCUT2D eigenvalue weighted by Gasteiger charge is -2.14. The van der Waals surface area contributed by atoms with Gasteiger partial charge in [0.1, 0.15) is 0 Å². The van der Waals surface area contributed by atoms with E-state index in [4.69, 9.17) is 0 Å². The first-order valence-electron chi connectivity index (χ1n) is 14.5. The topological polar surface area (TPSA) is 0 Å². The van der Waals surface area contributed by atoms with E-state index in [2.05, 4.69) is 173 Å². The van der Waals surface area contributed by atoms with Gasteiger partial charge < -0.3 is 0 Å². The number of allylic oxidation sites excluding steroid dienone is 4. The van der Waals surface area contributed by atoms with Crippen molar-refractivity contribution in [3.05, 3.63) is 162 Å². The molecule has 202 valence electrons. The van der Waals surface area contributed by atoms with Crippen LogP contribution in [0.1, 0.15) is 19.4 Å². The van der Waals surface area contributed by atoms with Crippen LogP contribution in [0.5, 0.6) is 0 Å². The number of hydrogen-bond donors (Lipinski definition) is 0. The van der Waals surface area contributed by atoms with Gasteiger partial charge in [0.2, 0.25) is 0 Å². The SMILES string of the molecule is C=c1ccccc(=C)c(-c2cccc3c(-c4ccc5ccccc5c4)cccc23)c2ccccc2c1C(/C=C\C)=C/C. The average Bonchev–Trinajstić information content (AvgIpc) is 3.03. The van der Waals surface area contributed by atoms with Crippen molar-refractivity contribution in [1.29, 1.82) is 0 Å². The van der Waals surface area contributed by atoms with E-state index in [1.165, 1.54) is 38.2 Å². The summed E-state index contributed by atoms with van der Waals surface area (Å²) in [7, 11) is 0. The highest BCUT2D eigenvalue weighted by atomic mass is 14.2. The van der Waals surface area contributed by atoms with Crippen molar-refractivity contribution < 1.29 is 0 Å². The molecular weight excluding hydrogens is 504 g/mol. The molecule has 0 aliphatic carbocycles. The Morgan fingerprint density at radius 3 is 1.86 bits per heavy atom. The molecule has 0 saturated heterocycles. The first kappa shape index (κ1) is 27.0. The van der Waals surface area contributed by atoms with E-state index in [1.54, 1.807) is 0 Å². The molecule has 0 bridgehead atoms. The second kappa shape index (κ2) is 11.7. The average molecular weight is 539 g/mol. The molecular formula is C42H34. The van der Waals surface area contributed by atoms with Crippen molar-refractivity contribution in [3.63, 3.8) is 0 Å². The molecule has 0 aliphatic rings. The van der Waals surface area contributed by atoms with Gasteiger partial charge in [-0.15, -0.1) is 0 Å². The molecule has 0 heterocycles. The molecule has 0 aliphatic heterocycles. The highest BCUT2D eigenvalue weighted by Gasteiger charge is 2.13. The van der Waals surface area contributed by atoms with E-state index in [9.17, 15) is 0 Å². The lowest BCUT2D eigenvalue weighted by molar-refractivity contribution is 1.57. The summed E-state index contributed by atoms with van der Waals surface area (Å²) in [4.78, 5) is 0. The summed E-state index contributed by atoms with van der Waals surface area (Å²) < 4.78 is 0. The third kappa shape index (κ3) is 4.93. The summed E-state index contributed by atoms with van der Waals surface area (Å²) in [6, 6.07) is 45.5. The molecule has 0 aromatic heterocycles. The largest absolute Gasteiger partial charge is 0.0911 e. The highest BCUT2D eigenvalue weighted by molar-refractivity contribution is 6.10. The van der Waals surface area contributed by atoms with Crippen molar-refractivity contribution in [2.45, 2.75) is 13.8 Å². The van der Waals surface area contributed by atoms with Crippen LogP contribution in [0.25, 0.3) is 73.3 Å². The molecule has 0 atom stereocenters. The van der Waals surface area contributed by atoms with Crippen LogP contribution < -0.4 is 10.4 Å². The van der Waals surface area contributed by atoms with Crippen LogP contribution in [0.3, 0.4) is 0 Å². The molecule has 0 spiro atoms. The number of hydrogen-bond acceptors (Lipinski definition) is 0. The van der Waals surface area contributed by atoms with Crippen molar-refractivity contribution in [2.24, 2.45) is 0 Å². The zero-order chi connectivity index (χ0) is 29.1. The third-order valence-corrected chi connectivity index (χ3v) is 8.01. The molecule has 0 fully saturated rings. The quantitative estimate of drug-likeness (QED) is 0.196. The minimum atomic E-state index is 0.968. The van der Waals surface area contributed by atoms with Crippen LogP contribution in [0.4, 0.5) is 0 Å². The first-order chi connectivity index (χ1) is 20.6. The molecule has 6 aromatic rings. The lowest BCUT2D eigenvalue weighted by atomic mass is 9.89. The van der Waals surface area contributed by atoms with Crippen LogP contribution in [-0.4, -0.2) is 0 Å². The fourth-order valence-corrected chi connectivity index (χ4v) is 6.07. The van der Waals surface area contributed by atoms with Gasteiger partial charge in [-0.1, -0.05) is 153 Å². The fraction of sp³-hybridized carbons (Fsp3) is 0.0476. The summed E-state index contributed by atoms with van der Waals surface area (Å²) >= 11 is 0. The zero-order valence-corrected chi connectivity index (χ0v) is 24.3. The summed E-state index contributed by atoms with van der Waals surface area (Å²) in [5.74, 6) is 0. The minimum Gasteiger partial charge on any atom is -0.0911 e. The monoisotopic (exact) mass is 538 g/mol. The van der Waals surface area contributed by atoms with Crippen molar-refractivity contribution >= 4 is 51.0 Å². The molecule has 0 amide bonds. The highest BCUT2D eigenvalue weighted by Crippen LogP contribution is 2.37. The molecule has 6 rings (SSSR count). The second-order valence-corrected chi connectivity index (χ2v) is 10.6. The lowest BCUT2D eigenvalue weighted by Crippen LogP contribution is -2.06. The minimum absolute atomic E-state index is 0.968. The number of fused-ring (bicyclic) bond motifs is 3. The van der Waals surface area contributed by atoms with Gasteiger partial charge in [-0.25, -0.2) is 0 Å². The molecule has 0 nitrogen and oxygen atoms in total. The van der Waals surface area contributed by atoms with Crippen LogP contribution in [0.2, 0.25) is 0 Å². The standard InChI is InChI=1S/C42H34/c1-5-15-31(6-2)41-29(3)16-7-8-17-30(4)42(40-21-12-11-20-39(40)41)38-25-14-23-36-35(22-13-24-37(36)38)34-27-26-32-18-9-10-19-33(32)28-34/h5-28H,3-4H2,1-2H3/b15-5-,16-7?,17-8?,31-6+,41-39?,42-40?. The summed E-state index contributed by atoms with van der Waals surface area (Å²) in [6.07, 6.45) is 6.41. The van der Waals surface area contributed by atoms with E-state index in [0.29, 0.717) is 0 Å². The van der Waals surface area contributed by atoms with Crippen molar-refractivity contribution in [3.8, 4) is 22.3 Å². The van der Waals surface area contributed by atoms with Gasteiger partial charge in [0, 0.05) is 0 Å². The van der Waals surface area contributed by atoms with E-state index in [1.807, 2.05) is 0 Å². The van der Waals surface area contributed by atoms with Gasteiger partial charge in [-0.3, -0.25) is 0 Å². The smallest absolute Gasteiger partial charge is 0.00323 e. The number of rotatable bonds is 4. The Morgan fingerprint density at radius 2 is 1.12 bits per heavy atom. The van der Waals surface area contributed by atoms with E-state index in [-0.39, 0.29) is 0 Å². The third-order valence-electron chi connectivity index (χ3n) is 8.01. The van der Waals surface area contributed by atoms with Crippen LogP contribution in [0, 0.1) is 0 Å². The Bertz CT molecular complexity index is 2190. The first-order valence-corrected chi connectivity index (χ1v) is 14.5. The molecule has 6 aromatic carbocycles. The predicted octanol–water partition coefficient (Wildman–Crippen LogP) is 10.4. The molecule has 0 heteroatoms. The van der Waals surface area contributed by atoms with Crippen LogP contribution >= 0.6 is 0 Å². The van der Waals surface area contributed by atoms with Crippen molar-refractivity contribution in [2.75, 3.05) is 0 Å². The number of benzene rings is 5.